The second-order valence-corrected chi connectivity index (χ2v) is 11.3. The lowest BCUT2D eigenvalue weighted by Crippen LogP contribution is -2.35. The van der Waals surface area contributed by atoms with Crippen LogP contribution in [0.2, 0.25) is 5.02 Å². The Morgan fingerprint density at radius 2 is 1.88 bits per heavy atom. The number of hydrogen-bond acceptors (Lipinski definition) is 7. The fourth-order valence-electron chi connectivity index (χ4n) is 6.00. The highest BCUT2D eigenvalue weighted by Crippen LogP contribution is 2.47. The van der Waals surface area contributed by atoms with Gasteiger partial charge in [-0.25, -0.2) is 9.37 Å². The molecule has 4 aromatic rings. The number of hydrogen-bond donors (Lipinski definition) is 0. The maximum Gasteiger partial charge on any atom is 0.270 e. The van der Waals surface area contributed by atoms with Crippen LogP contribution in [0.4, 0.5) is 4.39 Å². The summed E-state index contributed by atoms with van der Waals surface area (Å²) in [5.41, 5.74) is 3.08. The van der Waals surface area contributed by atoms with E-state index in [9.17, 15) is 14.3 Å². The van der Waals surface area contributed by atoms with E-state index in [1.54, 1.807) is 30.3 Å². The van der Waals surface area contributed by atoms with Gasteiger partial charge in [0, 0.05) is 17.2 Å². The van der Waals surface area contributed by atoms with Gasteiger partial charge in [0.25, 0.3) is 6.29 Å². The highest BCUT2D eigenvalue weighted by atomic mass is 35.5. The number of imidazole rings is 1. The van der Waals surface area contributed by atoms with E-state index >= 15 is 0 Å². The van der Waals surface area contributed by atoms with Crippen molar-refractivity contribution in [3.05, 3.63) is 88.0 Å². The largest absolute Gasteiger partial charge is 0.545 e. The zero-order valence-corrected chi connectivity index (χ0v) is 23.0. The Kier molecular flexibility index (Phi) is 6.81. The molecule has 41 heavy (non-hydrogen) atoms. The lowest BCUT2D eigenvalue weighted by Gasteiger charge is -2.33. The van der Waals surface area contributed by atoms with E-state index in [2.05, 4.69) is 15.5 Å². The number of piperidine rings is 1. The van der Waals surface area contributed by atoms with E-state index in [1.165, 1.54) is 6.07 Å². The number of nitrogens with zero attached hydrogens (tertiary/aromatic N) is 3. The van der Waals surface area contributed by atoms with E-state index < -0.39 is 18.1 Å². The van der Waals surface area contributed by atoms with Gasteiger partial charge in [-0.05, 0) is 80.2 Å². The van der Waals surface area contributed by atoms with Crippen LogP contribution in [-0.4, -0.2) is 46.2 Å². The summed E-state index contributed by atoms with van der Waals surface area (Å²) in [6, 6.07) is 15.3. The Hall–Kier alpha value is -3.66. The molecule has 3 aromatic carbocycles. The van der Waals surface area contributed by atoms with Crippen LogP contribution in [0.15, 0.2) is 54.6 Å². The Bertz CT molecular complexity index is 1630. The predicted molar refractivity (Wildman–Crippen MR) is 148 cm³/mol. The van der Waals surface area contributed by atoms with Crippen LogP contribution in [0.25, 0.3) is 11.0 Å². The molecule has 3 aliphatic heterocycles. The Morgan fingerprint density at radius 1 is 1.05 bits per heavy atom. The van der Waals surface area contributed by atoms with Crippen molar-refractivity contribution < 1.29 is 28.5 Å². The molecule has 7 rings (SSSR count). The number of fused-ring (bicyclic) bond motifs is 2. The quantitative estimate of drug-likeness (QED) is 0.311. The average Bonchev–Trinajstić information content (AvgIpc) is 3.51. The van der Waals surface area contributed by atoms with Crippen LogP contribution in [-0.2, 0) is 17.8 Å². The Balaban J connectivity index is 1.06. The maximum absolute atomic E-state index is 14.6. The number of ether oxygens (including phenoxy) is 3. The SMILES string of the molecule is O=C([O-])c1ccc2nc(CN3CCC(c4cccc5c4O[C@@H](c4ccc(Cl)cc4F)O5)CC3)n(C[C@@H]3CCO3)c2c1. The number of carboxylic acid groups (broad SMARTS) is 1. The van der Waals surface area contributed by atoms with Gasteiger partial charge in [0.05, 0.1) is 41.8 Å². The number of rotatable bonds is 7. The van der Waals surface area contributed by atoms with E-state index in [-0.39, 0.29) is 17.6 Å². The van der Waals surface area contributed by atoms with Crippen LogP contribution in [0.3, 0.4) is 0 Å². The van der Waals surface area contributed by atoms with Crippen molar-refractivity contribution in [3.8, 4) is 11.5 Å². The van der Waals surface area contributed by atoms with Gasteiger partial charge in [-0.15, -0.1) is 0 Å². The van der Waals surface area contributed by atoms with Gasteiger partial charge in [-0.3, -0.25) is 4.90 Å². The third-order valence-electron chi connectivity index (χ3n) is 8.32. The van der Waals surface area contributed by atoms with Crippen molar-refractivity contribution in [1.82, 2.24) is 14.5 Å². The molecule has 10 heteroatoms. The molecule has 4 heterocycles. The van der Waals surface area contributed by atoms with Crippen LogP contribution in [0.1, 0.15) is 58.8 Å². The molecule has 2 saturated heterocycles. The van der Waals surface area contributed by atoms with Gasteiger partial charge in [0.1, 0.15) is 11.6 Å². The fraction of sp³-hybridized carbons (Fsp3) is 0.355. The maximum atomic E-state index is 14.6. The average molecular weight is 577 g/mol. The molecule has 2 atom stereocenters. The highest BCUT2D eigenvalue weighted by molar-refractivity contribution is 6.30. The Labute approximate surface area is 241 Å². The number of carbonyl (C=O) groups excluding carboxylic acids is 1. The lowest BCUT2D eigenvalue weighted by atomic mass is 9.88. The first-order valence-electron chi connectivity index (χ1n) is 13.9. The van der Waals surface area contributed by atoms with Crippen molar-refractivity contribution in [3.63, 3.8) is 0 Å². The summed E-state index contributed by atoms with van der Waals surface area (Å²) >= 11 is 5.92. The molecule has 3 aliphatic rings. The van der Waals surface area contributed by atoms with Gasteiger partial charge < -0.3 is 28.7 Å². The van der Waals surface area contributed by atoms with Crippen LogP contribution in [0, 0.1) is 5.82 Å². The number of para-hydroxylation sites is 1. The van der Waals surface area contributed by atoms with Crippen LogP contribution in [0.5, 0.6) is 11.5 Å². The summed E-state index contributed by atoms with van der Waals surface area (Å²) in [5.74, 6) is 0.801. The zero-order chi connectivity index (χ0) is 28.1. The highest BCUT2D eigenvalue weighted by Gasteiger charge is 2.33. The minimum atomic E-state index is -1.20. The summed E-state index contributed by atoms with van der Waals surface area (Å²) in [7, 11) is 0. The number of aromatic nitrogens is 2. The summed E-state index contributed by atoms with van der Waals surface area (Å²) in [4.78, 5) is 18.7. The van der Waals surface area contributed by atoms with Crippen molar-refractivity contribution in [2.45, 2.75) is 50.7 Å². The molecule has 0 spiro atoms. The zero-order valence-electron chi connectivity index (χ0n) is 22.2. The third kappa shape index (κ3) is 5.03. The van der Waals surface area contributed by atoms with E-state index in [4.69, 9.17) is 30.8 Å². The summed E-state index contributed by atoms with van der Waals surface area (Å²) in [6.07, 6.45) is 2.06. The number of carboxylic acids is 1. The molecule has 0 saturated carbocycles. The minimum absolute atomic E-state index is 0.107. The van der Waals surface area contributed by atoms with Gasteiger partial charge in [0.15, 0.2) is 11.5 Å². The van der Waals surface area contributed by atoms with E-state index in [0.29, 0.717) is 35.2 Å². The molecule has 0 aliphatic carbocycles. The van der Waals surface area contributed by atoms with Crippen molar-refractivity contribution in [2.24, 2.45) is 0 Å². The van der Waals surface area contributed by atoms with E-state index in [1.807, 2.05) is 12.1 Å². The molecule has 0 bridgehead atoms. The molecular weight excluding hydrogens is 549 g/mol. The molecule has 8 nitrogen and oxygen atoms in total. The molecule has 2 fully saturated rings. The topological polar surface area (TPSA) is 88.9 Å². The predicted octanol–water partition coefficient (Wildman–Crippen LogP) is 4.83. The first-order valence-corrected chi connectivity index (χ1v) is 14.3. The lowest BCUT2D eigenvalue weighted by molar-refractivity contribution is -0.255. The smallest absolute Gasteiger partial charge is 0.270 e. The molecule has 1 aromatic heterocycles. The van der Waals surface area contributed by atoms with Gasteiger partial charge in [0.2, 0.25) is 0 Å². The van der Waals surface area contributed by atoms with Gasteiger partial charge in [-0.2, -0.15) is 0 Å². The standard InChI is InChI=1S/C31H29ClFN3O5/c32-20-5-6-23(24(33)15-20)31-40-27-3-1-2-22(29(27)41-31)18-8-11-35(12-9-18)17-28-34-25-7-4-19(30(37)38)14-26(25)36(28)16-21-10-13-39-21/h1-7,14-15,18,21,31H,8-13,16-17H2,(H,37,38)/p-1/t21-,31-/m0/s1. The number of aromatic carboxylic acids is 1. The number of likely N-dealkylation sites (tertiary alicyclic amines) is 1. The summed E-state index contributed by atoms with van der Waals surface area (Å²) in [5, 5.41) is 11.8. The summed E-state index contributed by atoms with van der Waals surface area (Å²) in [6.45, 7) is 3.76. The Morgan fingerprint density at radius 3 is 2.61 bits per heavy atom. The normalized spacial score (nSPS) is 20.8. The van der Waals surface area contributed by atoms with Crippen molar-refractivity contribution in [2.75, 3.05) is 19.7 Å². The monoisotopic (exact) mass is 576 g/mol. The van der Waals surface area contributed by atoms with Crippen molar-refractivity contribution in [1.29, 1.82) is 0 Å². The molecular formula is C31H28ClFN3O5-. The molecule has 0 radical (unpaired) electrons. The molecule has 0 amide bonds. The van der Waals surface area contributed by atoms with Gasteiger partial charge in [-0.1, -0.05) is 29.8 Å². The van der Waals surface area contributed by atoms with E-state index in [0.717, 1.165) is 61.4 Å². The first kappa shape index (κ1) is 26.3. The molecule has 212 valence electrons. The van der Waals surface area contributed by atoms with Crippen molar-refractivity contribution >= 4 is 28.6 Å². The third-order valence-corrected chi connectivity index (χ3v) is 8.55. The van der Waals surface area contributed by atoms with Gasteiger partial charge >= 0.3 is 0 Å². The number of benzene rings is 3. The number of carbonyl (C=O) groups is 1. The molecule has 0 unspecified atom stereocenters. The fourth-order valence-corrected chi connectivity index (χ4v) is 6.16. The second-order valence-electron chi connectivity index (χ2n) is 10.9. The minimum Gasteiger partial charge on any atom is -0.545 e. The first-order chi connectivity index (χ1) is 19.9. The summed E-state index contributed by atoms with van der Waals surface area (Å²) < 4.78 is 34.5. The van der Waals surface area contributed by atoms with Crippen LogP contribution >= 0.6 is 11.6 Å². The van der Waals surface area contributed by atoms with Crippen LogP contribution < -0.4 is 14.6 Å². The molecule has 0 N–H and O–H groups in total. The number of halogens is 2. The second kappa shape index (κ2) is 10.6.